The van der Waals surface area contributed by atoms with E-state index in [0.717, 1.165) is 11.1 Å². The number of hydrogen-bond donors (Lipinski definition) is 0. The number of carbonyl (C=O) groups excluding carboxylic acids is 1. The fourth-order valence-corrected chi connectivity index (χ4v) is 2.82. The fraction of sp³-hybridized carbons (Fsp3) is 0.0667. The summed E-state index contributed by atoms with van der Waals surface area (Å²) in [6, 6.07) is 12.9. The molecule has 0 saturated carbocycles. The van der Waals surface area contributed by atoms with Crippen LogP contribution in [0.2, 0.25) is 0 Å². The summed E-state index contributed by atoms with van der Waals surface area (Å²) < 4.78 is 0. The van der Waals surface area contributed by atoms with Gasteiger partial charge in [0.15, 0.2) is 0 Å². The molecule has 1 aromatic carbocycles. The van der Waals surface area contributed by atoms with Gasteiger partial charge in [0.1, 0.15) is 6.04 Å². The molecule has 0 spiro atoms. The first-order chi connectivity index (χ1) is 9.31. The van der Waals surface area contributed by atoms with Crippen LogP contribution in [0.4, 0.5) is 0 Å². The highest BCUT2D eigenvalue weighted by Gasteiger charge is 2.28. The molecule has 92 valence electrons. The number of thiophene rings is 1. The molecule has 4 heteroatoms. The monoisotopic (exact) mass is 266 g/mol. The van der Waals surface area contributed by atoms with Gasteiger partial charge < -0.3 is 0 Å². The summed E-state index contributed by atoms with van der Waals surface area (Å²) in [6.45, 7) is 0. The Morgan fingerprint density at radius 3 is 2.84 bits per heavy atom. The molecular weight excluding hydrogens is 256 g/mol. The van der Waals surface area contributed by atoms with E-state index < -0.39 is 6.04 Å². The third-order valence-corrected chi connectivity index (χ3v) is 3.93. The van der Waals surface area contributed by atoms with Gasteiger partial charge in [0.2, 0.25) is 0 Å². The van der Waals surface area contributed by atoms with Crippen molar-refractivity contribution in [3.05, 3.63) is 64.0 Å². The van der Waals surface area contributed by atoms with Gasteiger partial charge in [-0.15, -0.1) is 11.3 Å². The van der Waals surface area contributed by atoms with Crippen molar-refractivity contribution in [2.75, 3.05) is 0 Å². The molecule has 0 unspecified atom stereocenters. The zero-order valence-electron chi connectivity index (χ0n) is 9.98. The summed E-state index contributed by atoms with van der Waals surface area (Å²) in [5.41, 5.74) is 1.86. The van der Waals surface area contributed by atoms with E-state index in [1.165, 1.54) is 16.2 Å². The molecule has 0 fully saturated rings. The SMILES string of the molecule is N#C[C@H]1c2ccccc2C=CN1C(=O)c1cccs1. The molecule has 1 aliphatic rings. The van der Waals surface area contributed by atoms with E-state index in [-0.39, 0.29) is 5.91 Å². The first kappa shape index (κ1) is 11.7. The van der Waals surface area contributed by atoms with Crippen LogP contribution in [0, 0.1) is 11.3 Å². The lowest BCUT2D eigenvalue weighted by molar-refractivity contribution is 0.0799. The minimum atomic E-state index is -0.559. The number of rotatable bonds is 1. The number of hydrogen-bond acceptors (Lipinski definition) is 3. The normalized spacial score (nSPS) is 16.8. The van der Waals surface area contributed by atoms with Gasteiger partial charge in [0.25, 0.3) is 5.91 Å². The van der Waals surface area contributed by atoms with Gasteiger partial charge in [-0.05, 0) is 28.6 Å². The molecule has 2 aromatic rings. The van der Waals surface area contributed by atoms with E-state index in [9.17, 15) is 10.1 Å². The predicted octanol–water partition coefficient (Wildman–Crippen LogP) is 3.44. The van der Waals surface area contributed by atoms with Crippen LogP contribution >= 0.6 is 11.3 Å². The molecule has 0 saturated heterocycles. The molecule has 2 heterocycles. The fourth-order valence-electron chi connectivity index (χ4n) is 2.15. The Labute approximate surface area is 115 Å². The largest absolute Gasteiger partial charge is 0.294 e. The molecule has 1 atom stereocenters. The van der Waals surface area contributed by atoms with Crippen LogP contribution in [0.3, 0.4) is 0 Å². The zero-order chi connectivity index (χ0) is 13.2. The highest BCUT2D eigenvalue weighted by atomic mass is 32.1. The Balaban J connectivity index is 2.02. The molecule has 1 aromatic heterocycles. The van der Waals surface area contributed by atoms with Crippen molar-refractivity contribution < 1.29 is 4.79 Å². The third-order valence-electron chi connectivity index (χ3n) is 3.07. The van der Waals surface area contributed by atoms with Crippen LogP contribution < -0.4 is 0 Å². The number of carbonyl (C=O) groups is 1. The molecule has 3 rings (SSSR count). The lowest BCUT2D eigenvalue weighted by Crippen LogP contribution is -2.31. The molecule has 19 heavy (non-hydrogen) atoms. The van der Waals surface area contributed by atoms with Gasteiger partial charge in [-0.1, -0.05) is 30.3 Å². The quantitative estimate of drug-likeness (QED) is 0.793. The van der Waals surface area contributed by atoms with Crippen molar-refractivity contribution in [3.8, 4) is 6.07 Å². The van der Waals surface area contributed by atoms with E-state index in [1.54, 1.807) is 12.3 Å². The highest BCUT2D eigenvalue weighted by Crippen LogP contribution is 2.31. The molecule has 0 aliphatic carbocycles. The second-order valence-electron chi connectivity index (χ2n) is 4.17. The van der Waals surface area contributed by atoms with Crippen LogP contribution in [-0.4, -0.2) is 10.8 Å². The van der Waals surface area contributed by atoms with Crippen molar-refractivity contribution in [1.29, 1.82) is 5.26 Å². The number of amides is 1. The number of fused-ring (bicyclic) bond motifs is 1. The second kappa shape index (κ2) is 4.71. The van der Waals surface area contributed by atoms with Crippen LogP contribution in [0.15, 0.2) is 48.0 Å². The smallest absolute Gasteiger partial charge is 0.269 e. The Morgan fingerprint density at radius 1 is 1.26 bits per heavy atom. The number of nitriles is 1. The summed E-state index contributed by atoms with van der Waals surface area (Å²) in [4.78, 5) is 14.5. The van der Waals surface area contributed by atoms with Crippen molar-refractivity contribution in [2.45, 2.75) is 6.04 Å². The highest BCUT2D eigenvalue weighted by molar-refractivity contribution is 7.12. The van der Waals surface area contributed by atoms with Crippen LogP contribution in [0.1, 0.15) is 26.8 Å². The maximum atomic E-state index is 12.4. The van der Waals surface area contributed by atoms with Crippen LogP contribution in [-0.2, 0) is 0 Å². The van der Waals surface area contributed by atoms with Gasteiger partial charge in [-0.3, -0.25) is 9.69 Å². The van der Waals surface area contributed by atoms with Crippen LogP contribution in [0.25, 0.3) is 6.08 Å². The molecule has 0 bridgehead atoms. The Hall–Kier alpha value is -2.38. The summed E-state index contributed by atoms with van der Waals surface area (Å²) in [6.07, 6.45) is 3.56. The van der Waals surface area contributed by atoms with E-state index in [1.807, 2.05) is 41.8 Å². The molecule has 1 amide bonds. The summed E-state index contributed by atoms with van der Waals surface area (Å²) in [7, 11) is 0. The van der Waals surface area contributed by atoms with Gasteiger partial charge in [0, 0.05) is 6.20 Å². The predicted molar refractivity (Wildman–Crippen MR) is 74.3 cm³/mol. The third kappa shape index (κ3) is 1.94. The average Bonchev–Trinajstić information content (AvgIpc) is 2.99. The summed E-state index contributed by atoms with van der Waals surface area (Å²) in [5.74, 6) is -0.132. The molecule has 3 nitrogen and oxygen atoms in total. The number of benzene rings is 1. The zero-order valence-corrected chi connectivity index (χ0v) is 10.8. The Morgan fingerprint density at radius 2 is 2.11 bits per heavy atom. The summed E-state index contributed by atoms with van der Waals surface area (Å²) >= 11 is 1.38. The standard InChI is InChI=1S/C15H10N2OS/c16-10-13-12-5-2-1-4-11(12)7-8-17(13)15(18)14-6-3-9-19-14/h1-9,13H/t13-/m0/s1. The minimum Gasteiger partial charge on any atom is -0.294 e. The first-order valence-corrected chi connectivity index (χ1v) is 6.72. The lowest BCUT2D eigenvalue weighted by atomic mass is 9.97. The number of nitrogens with zero attached hydrogens (tertiary/aromatic N) is 2. The van der Waals surface area contributed by atoms with Crippen LogP contribution in [0.5, 0.6) is 0 Å². The van der Waals surface area contributed by atoms with Gasteiger partial charge in [-0.2, -0.15) is 5.26 Å². The van der Waals surface area contributed by atoms with Gasteiger partial charge in [-0.25, -0.2) is 0 Å². The van der Waals surface area contributed by atoms with Gasteiger partial charge >= 0.3 is 0 Å². The lowest BCUT2D eigenvalue weighted by Gasteiger charge is -2.28. The van der Waals surface area contributed by atoms with Crippen molar-refractivity contribution in [1.82, 2.24) is 4.90 Å². The second-order valence-corrected chi connectivity index (χ2v) is 5.11. The Bertz CT molecular complexity index is 682. The van der Waals surface area contributed by atoms with E-state index in [2.05, 4.69) is 6.07 Å². The van der Waals surface area contributed by atoms with Crippen molar-refractivity contribution in [2.24, 2.45) is 0 Å². The molecular formula is C15H10N2OS. The maximum Gasteiger partial charge on any atom is 0.269 e. The molecule has 0 N–H and O–H groups in total. The summed E-state index contributed by atoms with van der Waals surface area (Å²) in [5, 5.41) is 11.2. The van der Waals surface area contributed by atoms with Gasteiger partial charge in [0.05, 0.1) is 10.9 Å². The van der Waals surface area contributed by atoms with Crippen molar-refractivity contribution >= 4 is 23.3 Å². The first-order valence-electron chi connectivity index (χ1n) is 5.84. The topological polar surface area (TPSA) is 44.1 Å². The average molecular weight is 266 g/mol. The molecule has 0 radical (unpaired) electrons. The van der Waals surface area contributed by atoms with E-state index in [0.29, 0.717) is 4.88 Å². The minimum absolute atomic E-state index is 0.132. The van der Waals surface area contributed by atoms with E-state index in [4.69, 9.17) is 0 Å². The Kier molecular flexibility index (Phi) is 2.90. The maximum absolute atomic E-state index is 12.4. The van der Waals surface area contributed by atoms with Crippen molar-refractivity contribution in [3.63, 3.8) is 0 Å². The van der Waals surface area contributed by atoms with E-state index >= 15 is 0 Å². The molecule has 1 aliphatic heterocycles.